The van der Waals surface area contributed by atoms with Crippen molar-refractivity contribution in [1.29, 1.82) is 0 Å². The van der Waals surface area contributed by atoms with Crippen molar-refractivity contribution >= 4 is 39.6 Å². The summed E-state index contributed by atoms with van der Waals surface area (Å²) in [6, 6.07) is 12.6. The van der Waals surface area contributed by atoms with Gasteiger partial charge in [-0.25, -0.2) is 4.79 Å². The first-order valence-electron chi connectivity index (χ1n) is 11.7. The van der Waals surface area contributed by atoms with Crippen LogP contribution in [0.2, 0.25) is 0 Å². The number of thiophene rings is 1. The molecule has 0 unspecified atom stereocenters. The molecule has 10 heteroatoms. The van der Waals surface area contributed by atoms with Gasteiger partial charge in [0.15, 0.2) is 6.54 Å². The van der Waals surface area contributed by atoms with Crippen molar-refractivity contribution in [1.82, 2.24) is 0 Å². The van der Waals surface area contributed by atoms with Crippen LogP contribution >= 0.6 is 11.3 Å². The van der Waals surface area contributed by atoms with E-state index in [1.54, 1.807) is 12.1 Å². The summed E-state index contributed by atoms with van der Waals surface area (Å²) in [7, 11) is 1.34. The molecule has 188 valence electrons. The molecule has 3 aromatic rings. The maximum Gasteiger partial charge on any atom is 0.341 e. The largest absolute Gasteiger partial charge is 0.465 e. The van der Waals surface area contributed by atoms with E-state index in [1.165, 1.54) is 30.6 Å². The zero-order valence-corrected chi connectivity index (χ0v) is 21.3. The van der Waals surface area contributed by atoms with Gasteiger partial charge in [-0.1, -0.05) is 23.8 Å². The van der Waals surface area contributed by atoms with Crippen LogP contribution in [0.5, 0.6) is 0 Å². The van der Waals surface area contributed by atoms with Crippen LogP contribution in [0.25, 0.3) is 11.1 Å². The first-order chi connectivity index (χ1) is 17.3. The number of quaternary nitrogens is 1. The lowest BCUT2D eigenvalue weighted by atomic mass is 9.97. The highest BCUT2D eigenvalue weighted by Gasteiger charge is 2.26. The van der Waals surface area contributed by atoms with Gasteiger partial charge in [-0.15, -0.1) is 11.3 Å². The zero-order chi connectivity index (χ0) is 25.8. The Morgan fingerprint density at radius 2 is 1.81 bits per heavy atom. The molecule has 1 aliphatic rings. The molecule has 0 bridgehead atoms. The number of anilines is 2. The van der Waals surface area contributed by atoms with Gasteiger partial charge in [0.2, 0.25) is 0 Å². The average Bonchev–Trinajstić information content (AvgIpc) is 3.28. The van der Waals surface area contributed by atoms with E-state index in [9.17, 15) is 19.7 Å². The monoisotopic (exact) mass is 509 g/mol. The summed E-state index contributed by atoms with van der Waals surface area (Å²) < 4.78 is 5.04. The lowest BCUT2D eigenvalue weighted by molar-refractivity contribution is -0.892. The van der Waals surface area contributed by atoms with E-state index in [0.29, 0.717) is 10.6 Å². The van der Waals surface area contributed by atoms with E-state index in [0.717, 1.165) is 59.0 Å². The summed E-state index contributed by atoms with van der Waals surface area (Å²) >= 11 is 1.32. The Morgan fingerprint density at radius 3 is 2.44 bits per heavy atom. The van der Waals surface area contributed by atoms with Crippen molar-refractivity contribution in [3.05, 3.63) is 74.6 Å². The number of piperazine rings is 1. The van der Waals surface area contributed by atoms with Crippen LogP contribution in [0.15, 0.2) is 47.8 Å². The lowest BCUT2D eigenvalue weighted by Gasteiger charge is -2.33. The van der Waals surface area contributed by atoms with Gasteiger partial charge >= 0.3 is 5.97 Å². The number of ether oxygens (including phenoxy) is 1. The Bertz CT molecular complexity index is 1280. The Labute approximate surface area is 213 Å². The molecule has 0 aliphatic carbocycles. The fourth-order valence-electron chi connectivity index (χ4n) is 4.42. The predicted molar refractivity (Wildman–Crippen MR) is 140 cm³/mol. The van der Waals surface area contributed by atoms with Crippen LogP contribution in [0.4, 0.5) is 16.4 Å². The highest BCUT2D eigenvalue weighted by molar-refractivity contribution is 7.15. The van der Waals surface area contributed by atoms with Gasteiger partial charge in [0.1, 0.15) is 10.6 Å². The third-order valence-electron chi connectivity index (χ3n) is 6.42. The number of nitro benzene ring substituents is 1. The molecule has 0 saturated carbocycles. The van der Waals surface area contributed by atoms with Gasteiger partial charge in [-0.2, -0.15) is 0 Å². The Balaban J connectivity index is 1.41. The second-order valence-electron chi connectivity index (χ2n) is 8.90. The van der Waals surface area contributed by atoms with Crippen LogP contribution in [0.1, 0.15) is 21.5 Å². The molecule has 2 aromatic carbocycles. The summed E-state index contributed by atoms with van der Waals surface area (Å²) in [6.45, 7) is 7.27. The number of esters is 1. The van der Waals surface area contributed by atoms with Gasteiger partial charge < -0.3 is 19.9 Å². The summed E-state index contributed by atoms with van der Waals surface area (Å²) in [5.41, 5.74) is 5.20. The quantitative estimate of drug-likeness (QED) is 0.288. The number of aryl methyl sites for hydroxylation is 2. The first kappa shape index (κ1) is 25.3. The van der Waals surface area contributed by atoms with Crippen molar-refractivity contribution in [2.24, 2.45) is 0 Å². The maximum absolute atomic E-state index is 12.9. The number of hydrogen-bond acceptors (Lipinski definition) is 7. The fourth-order valence-corrected chi connectivity index (χ4v) is 5.38. The van der Waals surface area contributed by atoms with E-state index in [4.69, 9.17) is 4.74 Å². The molecule has 2 heterocycles. The van der Waals surface area contributed by atoms with Crippen molar-refractivity contribution in [2.45, 2.75) is 13.8 Å². The van der Waals surface area contributed by atoms with Crippen LogP contribution in [0.3, 0.4) is 0 Å². The Kier molecular flexibility index (Phi) is 7.66. The molecule has 36 heavy (non-hydrogen) atoms. The van der Waals surface area contributed by atoms with Gasteiger partial charge in [0.25, 0.3) is 11.6 Å². The molecule has 9 nitrogen and oxygen atoms in total. The third-order valence-corrected chi connectivity index (χ3v) is 7.32. The maximum atomic E-state index is 12.9. The lowest BCUT2D eigenvalue weighted by Crippen LogP contribution is -3.15. The number of methoxy groups -OCH3 is 1. The number of carbonyl (C=O) groups excluding carboxylic acids is 2. The summed E-state index contributed by atoms with van der Waals surface area (Å²) in [4.78, 5) is 39.3. The SMILES string of the molecule is COC(=O)c1c(-c2cc(C)ccc2C)csc1NC(=O)C[NH+]1CCN(c2ccc([N+](=O)[O-])cc2)CC1. The second kappa shape index (κ2) is 10.9. The molecular formula is C26H29N4O5S+. The van der Waals surface area contributed by atoms with E-state index in [2.05, 4.69) is 10.2 Å². The topological polar surface area (TPSA) is 106 Å². The minimum absolute atomic E-state index is 0.0697. The molecule has 2 N–H and O–H groups in total. The highest BCUT2D eigenvalue weighted by atomic mass is 32.1. The van der Waals surface area contributed by atoms with Gasteiger partial charge in [-0.05, 0) is 37.1 Å². The van der Waals surface area contributed by atoms with E-state index >= 15 is 0 Å². The average molecular weight is 510 g/mol. The van der Waals surface area contributed by atoms with Crippen molar-refractivity contribution in [3.63, 3.8) is 0 Å². The van der Waals surface area contributed by atoms with Crippen LogP contribution in [-0.2, 0) is 9.53 Å². The van der Waals surface area contributed by atoms with E-state index < -0.39 is 10.9 Å². The van der Waals surface area contributed by atoms with Crippen LogP contribution < -0.4 is 15.1 Å². The molecule has 0 atom stereocenters. The smallest absolute Gasteiger partial charge is 0.341 e. The van der Waals surface area contributed by atoms with Crippen LogP contribution in [0, 0.1) is 24.0 Å². The van der Waals surface area contributed by atoms with Crippen molar-refractivity contribution in [2.75, 3.05) is 50.1 Å². The predicted octanol–water partition coefficient (Wildman–Crippen LogP) is 3.07. The van der Waals surface area contributed by atoms with Gasteiger partial charge in [0, 0.05) is 28.8 Å². The number of nitro groups is 1. The third kappa shape index (κ3) is 5.55. The van der Waals surface area contributed by atoms with Gasteiger partial charge in [0.05, 0.1) is 38.2 Å². The number of amides is 1. The molecule has 1 amide bonds. The fraction of sp³-hybridized carbons (Fsp3) is 0.308. The molecule has 1 fully saturated rings. The molecule has 0 radical (unpaired) electrons. The zero-order valence-electron chi connectivity index (χ0n) is 20.5. The molecular weight excluding hydrogens is 480 g/mol. The standard InChI is InChI=1S/C26H28N4O5S/c1-17-4-5-18(2)21(14-17)22-16-36-25(24(22)26(32)35-3)27-23(31)15-28-10-12-29(13-11-28)19-6-8-20(9-7-19)30(33)34/h4-9,14,16H,10-13,15H2,1-3H3,(H,27,31)/p+1. The Morgan fingerprint density at radius 1 is 1.11 bits per heavy atom. The molecule has 1 aliphatic heterocycles. The van der Waals surface area contributed by atoms with Crippen molar-refractivity contribution < 1.29 is 24.1 Å². The number of rotatable bonds is 7. The van der Waals surface area contributed by atoms with Crippen LogP contribution in [-0.4, -0.2) is 56.6 Å². The number of carbonyl (C=O) groups is 2. The van der Waals surface area contributed by atoms with Gasteiger partial charge in [-0.3, -0.25) is 14.9 Å². The number of hydrogen-bond donors (Lipinski definition) is 2. The van der Waals surface area contributed by atoms with E-state index in [1.807, 2.05) is 37.4 Å². The second-order valence-corrected chi connectivity index (χ2v) is 9.78. The molecule has 4 rings (SSSR count). The normalized spacial score (nSPS) is 13.9. The van der Waals surface area contributed by atoms with Crippen molar-refractivity contribution in [3.8, 4) is 11.1 Å². The number of benzene rings is 2. The first-order valence-corrected chi connectivity index (χ1v) is 12.5. The molecule has 1 saturated heterocycles. The summed E-state index contributed by atoms with van der Waals surface area (Å²) in [6.07, 6.45) is 0. The number of nitrogens with one attached hydrogen (secondary N) is 2. The number of nitrogens with zero attached hydrogens (tertiary/aromatic N) is 2. The Hall–Kier alpha value is -3.76. The molecule has 1 aromatic heterocycles. The molecule has 0 spiro atoms. The number of non-ortho nitro benzene ring substituents is 1. The summed E-state index contributed by atoms with van der Waals surface area (Å²) in [5, 5.41) is 16.2. The summed E-state index contributed by atoms with van der Waals surface area (Å²) in [5.74, 6) is -0.639. The van der Waals surface area contributed by atoms with E-state index in [-0.39, 0.29) is 18.1 Å². The minimum Gasteiger partial charge on any atom is -0.465 e. The highest BCUT2D eigenvalue weighted by Crippen LogP contribution is 2.37. The minimum atomic E-state index is -0.480.